The lowest BCUT2D eigenvalue weighted by Crippen LogP contribution is -2.23. The highest BCUT2D eigenvalue weighted by atomic mass is 35.5. The van der Waals surface area contributed by atoms with Gasteiger partial charge in [-0.15, -0.1) is 0 Å². The molecule has 0 atom stereocenters. The minimum Gasteiger partial charge on any atom is -0.493 e. The van der Waals surface area contributed by atoms with Crippen LogP contribution < -0.4 is 19.5 Å². The molecule has 0 radical (unpaired) electrons. The fourth-order valence-corrected chi connectivity index (χ4v) is 3.03. The summed E-state index contributed by atoms with van der Waals surface area (Å²) >= 11 is 11.9. The number of hydrogen-bond acceptors (Lipinski definition) is 4. The molecule has 0 fully saturated rings. The van der Waals surface area contributed by atoms with Crippen molar-refractivity contribution in [3.8, 4) is 17.2 Å². The molecule has 0 aliphatic rings. The van der Waals surface area contributed by atoms with Gasteiger partial charge in [0.05, 0.1) is 25.3 Å². The van der Waals surface area contributed by atoms with Crippen molar-refractivity contribution in [2.75, 3.05) is 20.3 Å². The Balaban J connectivity index is 1.72. The summed E-state index contributed by atoms with van der Waals surface area (Å²) in [6, 6.07) is 10.7. The summed E-state index contributed by atoms with van der Waals surface area (Å²) < 4.78 is 16.7. The van der Waals surface area contributed by atoms with E-state index in [0.717, 1.165) is 18.4 Å². The molecule has 0 bridgehead atoms. The Bertz CT molecular complexity index is 798. The second-order valence-corrected chi connectivity index (χ2v) is 7.33. The second kappa shape index (κ2) is 12.5. The molecule has 5 nitrogen and oxygen atoms in total. The molecule has 0 aliphatic heterocycles. The number of amides is 1. The van der Waals surface area contributed by atoms with E-state index < -0.39 is 0 Å². The number of halogens is 2. The highest BCUT2D eigenvalue weighted by Crippen LogP contribution is 2.29. The topological polar surface area (TPSA) is 56.8 Å². The molecule has 0 aliphatic carbocycles. The standard InChI is InChI=1S/C22H27Cl2NO4/c1-3-4-11-29-20-9-7-16(13-21(20)27-2)15-25-22(26)6-5-12-28-19-10-8-17(23)14-18(19)24/h7-10,13-14H,3-6,11-12,15H2,1-2H3,(H,25,26). The summed E-state index contributed by atoms with van der Waals surface area (Å²) in [6.07, 6.45) is 3.01. The first-order chi connectivity index (χ1) is 14.0. The van der Waals surface area contributed by atoms with E-state index in [4.69, 9.17) is 37.4 Å². The molecule has 2 aromatic carbocycles. The van der Waals surface area contributed by atoms with Crippen molar-refractivity contribution < 1.29 is 19.0 Å². The summed E-state index contributed by atoms with van der Waals surface area (Å²) in [6.45, 7) is 3.60. The highest BCUT2D eigenvalue weighted by Gasteiger charge is 2.08. The third-order valence-corrected chi connectivity index (χ3v) is 4.70. The molecule has 1 N–H and O–H groups in total. The molecular formula is C22H27Cl2NO4. The van der Waals surface area contributed by atoms with Gasteiger partial charge in [0.15, 0.2) is 11.5 Å². The smallest absolute Gasteiger partial charge is 0.220 e. The molecule has 0 unspecified atom stereocenters. The molecule has 1 amide bonds. The van der Waals surface area contributed by atoms with Crippen molar-refractivity contribution in [2.45, 2.75) is 39.2 Å². The number of nitrogens with one attached hydrogen (secondary N) is 1. The number of carbonyl (C=O) groups excluding carboxylic acids is 1. The number of hydrogen-bond donors (Lipinski definition) is 1. The maximum Gasteiger partial charge on any atom is 0.220 e. The van der Waals surface area contributed by atoms with E-state index in [-0.39, 0.29) is 5.91 Å². The average molecular weight is 440 g/mol. The van der Waals surface area contributed by atoms with Gasteiger partial charge in [-0.3, -0.25) is 4.79 Å². The van der Waals surface area contributed by atoms with Gasteiger partial charge in [-0.05, 0) is 48.7 Å². The zero-order valence-corrected chi connectivity index (χ0v) is 18.3. The molecule has 0 heterocycles. The Morgan fingerprint density at radius 1 is 0.966 bits per heavy atom. The van der Waals surface area contributed by atoms with Gasteiger partial charge >= 0.3 is 0 Å². The first-order valence-corrected chi connectivity index (χ1v) is 10.4. The maximum atomic E-state index is 12.1. The lowest BCUT2D eigenvalue weighted by molar-refractivity contribution is -0.121. The minimum atomic E-state index is -0.0435. The van der Waals surface area contributed by atoms with E-state index in [1.165, 1.54) is 0 Å². The Hall–Kier alpha value is -2.11. The lowest BCUT2D eigenvalue weighted by atomic mass is 10.2. The summed E-state index contributed by atoms with van der Waals surface area (Å²) in [5, 5.41) is 3.92. The van der Waals surface area contributed by atoms with Gasteiger partial charge in [-0.25, -0.2) is 0 Å². The minimum absolute atomic E-state index is 0.0435. The summed E-state index contributed by atoms with van der Waals surface area (Å²) in [5.74, 6) is 1.90. The molecular weight excluding hydrogens is 413 g/mol. The van der Waals surface area contributed by atoms with Crippen molar-refractivity contribution in [2.24, 2.45) is 0 Å². The summed E-state index contributed by atoms with van der Waals surface area (Å²) in [7, 11) is 1.61. The number of benzene rings is 2. The third-order valence-electron chi connectivity index (χ3n) is 4.17. The van der Waals surface area contributed by atoms with Gasteiger partial charge in [0.25, 0.3) is 0 Å². The zero-order chi connectivity index (χ0) is 21.1. The van der Waals surface area contributed by atoms with E-state index >= 15 is 0 Å². The van der Waals surface area contributed by atoms with E-state index in [0.29, 0.717) is 59.9 Å². The van der Waals surface area contributed by atoms with Crippen LogP contribution in [-0.4, -0.2) is 26.2 Å². The highest BCUT2D eigenvalue weighted by molar-refractivity contribution is 6.35. The predicted molar refractivity (Wildman–Crippen MR) is 116 cm³/mol. The van der Waals surface area contributed by atoms with E-state index in [2.05, 4.69) is 12.2 Å². The fourth-order valence-electron chi connectivity index (χ4n) is 2.56. The zero-order valence-electron chi connectivity index (χ0n) is 16.8. The number of unbranched alkanes of at least 4 members (excludes halogenated alkanes) is 1. The normalized spacial score (nSPS) is 10.5. The first-order valence-electron chi connectivity index (χ1n) is 9.67. The maximum absolute atomic E-state index is 12.1. The number of carbonyl (C=O) groups is 1. The lowest BCUT2D eigenvalue weighted by Gasteiger charge is -2.12. The van der Waals surface area contributed by atoms with Crippen LogP contribution in [0.4, 0.5) is 0 Å². The Morgan fingerprint density at radius 2 is 1.69 bits per heavy atom. The van der Waals surface area contributed by atoms with Crippen LogP contribution in [0.3, 0.4) is 0 Å². The fraction of sp³-hybridized carbons (Fsp3) is 0.409. The summed E-state index contributed by atoms with van der Waals surface area (Å²) in [5.41, 5.74) is 0.947. The third kappa shape index (κ3) is 8.03. The molecule has 0 saturated carbocycles. The molecule has 29 heavy (non-hydrogen) atoms. The Kier molecular flexibility index (Phi) is 9.95. The van der Waals surface area contributed by atoms with Crippen LogP contribution in [0.5, 0.6) is 17.2 Å². The van der Waals surface area contributed by atoms with Gasteiger partial charge in [0.2, 0.25) is 5.91 Å². The molecule has 2 aromatic rings. The number of rotatable bonds is 12. The van der Waals surface area contributed by atoms with Crippen molar-refractivity contribution in [3.63, 3.8) is 0 Å². The molecule has 2 rings (SSSR count). The van der Waals surface area contributed by atoms with Gasteiger partial charge in [-0.1, -0.05) is 42.6 Å². The molecule has 0 aromatic heterocycles. The van der Waals surface area contributed by atoms with Gasteiger partial charge in [-0.2, -0.15) is 0 Å². The predicted octanol–water partition coefficient (Wildman–Crippen LogP) is 5.66. The van der Waals surface area contributed by atoms with E-state index in [9.17, 15) is 4.79 Å². The monoisotopic (exact) mass is 439 g/mol. The second-order valence-electron chi connectivity index (χ2n) is 6.49. The Morgan fingerprint density at radius 3 is 2.41 bits per heavy atom. The Labute approximate surface area is 182 Å². The van der Waals surface area contributed by atoms with E-state index in [1.807, 2.05) is 18.2 Å². The molecule has 158 valence electrons. The van der Waals surface area contributed by atoms with Crippen molar-refractivity contribution in [1.29, 1.82) is 0 Å². The number of ether oxygens (including phenoxy) is 3. The van der Waals surface area contributed by atoms with Crippen LogP contribution in [0, 0.1) is 0 Å². The van der Waals surface area contributed by atoms with Crippen LogP contribution in [0.1, 0.15) is 38.2 Å². The summed E-state index contributed by atoms with van der Waals surface area (Å²) in [4.78, 5) is 12.1. The van der Waals surface area contributed by atoms with Crippen molar-refractivity contribution >= 4 is 29.1 Å². The van der Waals surface area contributed by atoms with Crippen LogP contribution in [0.2, 0.25) is 10.0 Å². The van der Waals surface area contributed by atoms with Gasteiger partial charge in [0, 0.05) is 18.0 Å². The SMILES string of the molecule is CCCCOc1ccc(CNC(=O)CCCOc2ccc(Cl)cc2Cl)cc1OC. The van der Waals surface area contributed by atoms with E-state index in [1.54, 1.807) is 25.3 Å². The molecule has 0 spiro atoms. The first kappa shape index (κ1) is 23.2. The largest absolute Gasteiger partial charge is 0.493 e. The number of methoxy groups -OCH3 is 1. The molecule has 7 heteroatoms. The van der Waals surface area contributed by atoms with Crippen LogP contribution in [0.25, 0.3) is 0 Å². The quantitative estimate of drug-likeness (QED) is 0.433. The molecule has 0 saturated heterocycles. The van der Waals surface area contributed by atoms with Gasteiger partial charge in [0.1, 0.15) is 5.75 Å². The van der Waals surface area contributed by atoms with Gasteiger partial charge < -0.3 is 19.5 Å². The van der Waals surface area contributed by atoms with Crippen molar-refractivity contribution in [1.82, 2.24) is 5.32 Å². The van der Waals surface area contributed by atoms with Crippen molar-refractivity contribution in [3.05, 3.63) is 52.0 Å². The average Bonchev–Trinajstić information content (AvgIpc) is 2.71. The van der Waals surface area contributed by atoms with Crippen LogP contribution in [-0.2, 0) is 11.3 Å². The van der Waals surface area contributed by atoms with Crippen LogP contribution >= 0.6 is 23.2 Å². The van der Waals surface area contributed by atoms with Crippen LogP contribution in [0.15, 0.2) is 36.4 Å².